The summed E-state index contributed by atoms with van der Waals surface area (Å²) < 4.78 is 58.1. The van der Waals surface area contributed by atoms with Gasteiger partial charge >= 0.3 is 18.0 Å². The van der Waals surface area contributed by atoms with Gasteiger partial charge in [0.2, 0.25) is 0 Å². The van der Waals surface area contributed by atoms with E-state index in [1.165, 1.54) is 0 Å². The molecule has 0 bridgehead atoms. The summed E-state index contributed by atoms with van der Waals surface area (Å²) in [4.78, 5) is 21.2. The maximum atomic E-state index is 12.5. The maximum Gasteiger partial charge on any atom is 0.421 e. The summed E-state index contributed by atoms with van der Waals surface area (Å²) in [6.07, 6.45) is -5.64. The molecule has 0 aliphatic heterocycles. The Kier molecular flexibility index (Phi) is 4.71. The Labute approximate surface area is 94.4 Å². The fourth-order valence-corrected chi connectivity index (χ4v) is 1.35. The Hall–Kier alpha value is -1.55. The van der Waals surface area contributed by atoms with Crippen LogP contribution in [0.2, 0.25) is 0 Å². The minimum absolute atomic E-state index is 0.0906. The molecule has 98 valence electrons. The van der Waals surface area contributed by atoms with Gasteiger partial charge in [-0.05, 0) is 0 Å². The lowest BCUT2D eigenvalue weighted by Crippen LogP contribution is -2.37. The Balaban J connectivity index is 5.03. The van der Waals surface area contributed by atoms with Crippen molar-refractivity contribution < 1.29 is 41.2 Å². The number of rotatable bonds is 6. The van der Waals surface area contributed by atoms with Crippen molar-refractivity contribution in [2.24, 2.45) is 0 Å². The van der Waals surface area contributed by atoms with E-state index in [2.05, 4.69) is 11.3 Å². The average molecular weight is 274 g/mol. The van der Waals surface area contributed by atoms with E-state index in [0.29, 0.717) is 0 Å². The van der Waals surface area contributed by atoms with Gasteiger partial charge in [-0.25, -0.2) is 0 Å². The number of hydrogen-bond acceptors (Lipinski definition) is 5. The lowest BCUT2D eigenvalue weighted by molar-refractivity contribution is -0.207. The first kappa shape index (κ1) is 15.4. The summed E-state index contributed by atoms with van der Waals surface area (Å²) in [5, 5.41) is 5.64. The minimum atomic E-state index is -5.16. The molecular weight excluding hydrogens is 266 g/mol. The zero-order chi connectivity index (χ0) is 13.9. The predicted octanol–water partition coefficient (Wildman–Crippen LogP) is 0.0395. The number of aliphatic carboxylic acids is 1. The lowest BCUT2D eigenvalue weighted by atomic mass is 10.3. The number of carbonyl (C=O) groups excluding carboxylic acids is 1. The Bertz CT molecular complexity index is 428. The third-order valence-corrected chi connectivity index (χ3v) is 2.53. The van der Waals surface area contributed by atoms with Crippen molar-refractivity contribution in [3.63, 3.8) is 0 Å². The Morgan fingerprint density at radius 3 is 2.24 bits per heavy atom. The topological polar surface area (TPSA) is 118 Å². The van der Waals surface area contributed by atoms with Crippen LogP contribution in [0.4, 0.5) is 8.78 Å². The molecule has 0 aromatic heterocycles. The number of carboxylic acids is 1. The minimum Gasteiger partial charge on any atom is -0.481 e. The van der Waals surface area contributed by atoms with Gasteiger partial charge < -0.3 is 9.84 Å². The van der Waals surface area contributed by atoms with Gasteiger partial charge in [0.05, 0.1) is 6.42 Å². The number of esters is 1. The maximum absolute atomic E-state index is 12.5. The SMILES string of the molecule is C=CC(F)(F)OC(=O)C(CC(=O)O)S(=O)(=O)O. The molecule has 2 N–H and O–H groups in total. The number of hydrogen-bond donors (Lipinski definition) is 2. The molecule has 0 radical (unpaired) electrons. The third-order valence-electron chi connectivity index (χ3n) is 1.46. The van der Waals surface area contributed by atoms with Crippen LogP contribution in [0.15, 0.2) is 12.7 Å². The molecule has 17 heavy (non-hydrogen) atoms. The zero-order valence-corrected chi connectivity index (χ0v) is 8.99. The predicted molar refractivity (Wildman–Crippen MR) is 48.8 cm³/mol. The Morgan fingerprint density at radius 1 is 1.47 bits per heavy atom. The van der Waals surface area contributed by atoms with E-state index in [0.717, 1.165) is 0 Å². The summed E-state index contributed by atoms with van der Waals surface area (Å²) >= 11 is 0. The largest absolute Gasteiger partial charge is 0.481 e. The van der Waals surface area contributed by atoms with Crippen molar-refractivity contribution in [2.75, 3.05) is 0 Å². The van der Waals surface area contributed by atoms with Crippen molar-refractivity contribution in [3.05, 3.63) is 12.7 Å². The van der Waals surface area contributed by atoms with Gasteiger partial charge in [0.15, 0.2) is 5.25 Å². The first-order valence-corrected chi connectivity index (χ1v) is 5.42. The van der Waals surface area contributed by atoms with E-state index in [-0.39, 0.29) is 6.08 Å². The molecular formula is C7H8F2O7S. The van der Waals surface area contributed by atoms with Crippen LogP contribution in [0.1, 0.15) is 6.42 Å². The molecule has 0 spiro atoms. The van der Waals surface area contributed by atoms with Crippen LogP contribution in [-0.2, 0) is 24.4 Å². The van der Waals surface area contributed by atoms with Crippen LogP contribution >= 0.6 is 0 Å². The quantitative estimate of drug-likeness (QED) is 0.398. The molecule has 0 aliphatic carbocycles. The average Bonchev–Trinajstić information content (AvgIpc) is 2.11. The van der Waals surface area contributed by atoms with Gasteiger partial charge in [-0.15, -0.1) is 0 Å². The summed E-state index contributed by atoms with van der Waals surface area (Å²) in [6.45, 7) is 2.61. The highest BCUT2D eigenvalue weighted by molar-refractivity contribution is 7.87. The second kappa shape index (κ2) is 5.19. The van der Waals surface area contributed by atoms with E-state index in [1.807, 2.05) is 0 Å². The smallest absolute Gasteiger partial charge is 0.421 e. The van der Waals surface area contributed by atoms with Gasteiger partial charge in [0, 0.05) is 6.08 Å². The van der Waals surface area contributed by atoms with Crippen LogP contribution in [0.25, 0.3) is 0 Å². The van der Waals surface area contributed by atoms with E-state index >= 15 is 0 Å². The number of carbonyl (C=O) groups is 2. The van der Waals surface area contributed by atoms with Crippen LogP contribution < -0.4 is 0 Å². The molecule has 0 saturated carbocycles. The third kappa shape index (κ3) is 5.36. The second-order valence-corrected chi connectivity index (χ2v) is 4.39. The number of carboxylic acid groups (broad SMARTS) is 1. The molecule has 0 aliphatic rings. The van der Waals surface area contributed by atoms with E-state index in [9.17, 15) is 26.8 Å². The standard InChI is InChI=1S/C7H8F2O7S/c1-2-7(8,9)16-6(12)4(3-5(10)11)17(13,14)15/h2,4H,1,3H2,(H,10,11)(H,13,14,15). The molecule has 0 aromatic carbocycles. The van der Waals surface area contributed by atoms with Gasteiger partial charge in [0.25, 0.3) is 10.1 Å². The lowest BCUT2D eigenvalue weighted by Gasteiger charge is -2.15. The highest BCUT2D eigenvalue weighted by Gasteiger charge is 2.40. The van der Waals surface area contributed by atoms with E-state index in [1.54, 1.807) is 0 Å². The highest BCUT2D eigenvalue weighted by atomic mass is 32.2. The zero-order valence-electron chi connectivity index (χ0n) is 8.17. The van der Waals surface area contributed by atoms with E-state index < -0.39 is 39.8 Å². The molecule has 1 atom stereocenters. The van der Waals surface area contributed by atoms with Crippen molar-refractivity contribution in [1.82, 2.24) is 0 Å². The molecule has 0 heterocycles. The van der Waals surface area contributed by atoms with Crippen molar-refractivity contribution in [3.8, 4) is 0 Å². The number of halogens is 2. The molecule has 0 aromatic rings. The molecule has 1 unspecified atom stereocenters. The van der Waals surface area contributed by atoms with Crippen LogP contribution in [0.3, 0.4) is 0 Å². The molecule has 0 rings (SSSR count). The fourth-order valence-electron chi connectivity index (χ4n) is 0.710. The molecule has 0 fully saturated rings. The van der Waals surface area contributed by atoms with Crippen molar-refractivity contribution >= 4 is 22.1 Å². The normalized spacial score (nSPS) is 13.8. The molecule has 0 amide bonds. The molecule has 10 heteroatoms. The first-order valence-electron chi connectivity index (χ1n) is 3.92. The van der Waals surface area contributed by atoms with Gasteiger partial charge in [-0.3, -0.25) is 14.1 Å². The van der Waals surface area contributed by atoms with Crippen LogP contribution in [-0.4, -0.2) is 41.4 Å². The van der Waals surface area contributed by atoms with Gasteiger partial charge in [0.1, 0.15) is 0 Å². The molecule has 7 nitrogen and oxygen atoms in total. The first-order chi connectivity index (χ1) is 7.49. The summed E-state index contributed by atoms with van der Waals surface area (Å²) in [6, 6.07) is 0. The summed E-state index contributed by atoms with van der Waals surface area (Å²) in [7, 11) is -5.16. The Morgan fingerprint density at radius 2 is 1.94 bits per heavy atom. The van der Waals surface area contributed by atoms with Gasteiger partial charge in [-0.1, -0.05) is 6.58 Å². The second-order valence-electron chi connectivity index (χ2n) is 2.79. The number of alkyl halides is 2. The number of ether oxygens (including phenoxy) is 1. The van der Waals surface area contributed by atoms with Crippen LogP contribution in [0.5, 0.6) is 0 Å². The highest BCUT2D eigenvalue weighted by Crippen LogP contribution is 2.19. The van der Waals surface area contributed by atoms with Crippen molar-refractivity contribution in [1.29, 1.82) is 0 Å². The van der Waals surface area contributed by atoms with Crippen molar-refractivity contribution in [2.45, 2.75) is 17.8 Å². The monoisotopic (exact) mass is 274 g/mol. The van der Waals surface area contributed by atoms with Gasteiger partial charge in [-0.2, -0.15) is 17.2 Å². The summed E-state index contributed by atoms with van der Waals surface area (Å²) in [5.74, 6) is -3.87. The van der Waals surface area contributed by atoms with E-state index in [4.69, 9.17) is 9.66 Å². The molecule has 0 saturated heterocycles. The fraction of sp³-hybridized carbons (Fsp3) is 0.429. The summed E-state index contributed by atoms with van der Waals surface area (Å²) in [5.41, 5.74) is 0. The van der Waals surface area contributed by atoms with Crippen LogP contribution in [0, 0.1) is 0 Å².